The molecule has 2 heterocycles. The van der Waals surface area contributed by atoms with Gasteiger partial charge in [-0.2, -0.15) is 5.10 Å². The molecule has 1 saturated carbocycles. The van der Waals surface area contributed by atoms with Crippen LogP contribution in [0.5, 0.6) is 5.75 Å². The van der Waals surface area contributed by atoms with Gasteiger partial charge in [-0.15, -0.1) is 0 Å². The van der Waals surface area contributed by atoms with Crippen molar-refractivity contribution in [3.8, 4) is 5.75 Å². The fourth-order valence-electron chi connectivity index (χ4n) is 4.67. The molecule has 0 saturated heterocycles. The Bertz CT molecular complexity index is 1090. The molecule has 1 fully saturated rings. The van der Waals surface area contributed by atoms with Crippen LogP contribution in [0.3, 0.4) is 0 Å². The van der Waals surface area contributed by atoms with E-state index in [2.05, 4.69) is 55.3 Å². The predicted molar refractivity (Wildman–Crippen MR) is 135 cm³/mol. The van der Waals surface area contributed by atoms with Crippen LogP contribution in [0, 0.1) is 23.2 Å². The van der Waals surface area contributed by atoms with Crippen molar-refractivity contribution in [1.29, 1.82) is 0 Å². The maximum Gasteiger partial charge on any atom is 0.288 e. The second-order valence-electron chi connectivity index (χ2n) is 10.0. The molecule has 2 aromatic rings. The Hall–Kier alpha value is -2.65. The first kappa shape index (κ1) is 26.9. The van der Waals surface area contributed by atoms with Crippen LogP contribution in [-0.4, -0.2) is 45.0 Å². The van der Waals surface area contributed by atoms with Gasteiger partial charge in [0, 0.05) is 24.3 Å². The maximum atomic E-state index is 12.8. The molecule has 0 aliphatic heterocycles. The van der Waals surface area contributed by atoms with Gasteiger partial charge in [0.05, 0.1) is 24.7 Å². The van der Waals surface area contributed by atoms with E-state index < -0.39 is 11.5 Å². The average Bonchev–Trinajstić information content (AvgIpc) is 2.83. The predicted octanol–water partition coefficient (Wildman–Crippen LogP) is 3.10. The number of carbonyl (C=O) groups is 1. The van der Waals surface area contributed by atoms with E-state index in [1.54, 1.807) is 12.3 Å². The van der Waals surface area contributed by atoms with Gasteiger partial charge in [0.25, 0.3) is 5.56 Å². The van der Waals surface area contributed by atoms with Crippen molar-refractivity contribution >= 4 is 23.2 Å². The highest BCUT2D eigenvalue weighted by Gasteiger charge is 2.43. The summed E-state index contributed by atoms with van der Waals surface area (Å²) < 4.78 is 6.48. The number of aliphatic hydroxyl groups is 1. The molecule has 9 nitrogen and oxygen atoms in total. The molecule has 0 aromatic carbocycles. The standard InChI is InChI=1S/C25H36ClN5O4/c1-15-10-19(16(2)17(3)25(15,4)5)30-20-12-29-31(24(34)23(20)26)14-22(33)28-11-18-6-7-27-13-21(18)35-9-8-32/h6-7,12-13,15-17,19,30,32H,8-11,14H2,1-5H3,(H,28,33)/t15-,16+,17+,19+/m0/s1. The lowest BCUT2D eigenvalue weighted by Gasteiger charge is -2.50. The van der Waals surface area contributed by atoms with Crippen molar-refractivity contribution in [3.63, 3.8) is 0 Å². The highest BCUT2D eigenvalue weighted by Crippen LogP contribution is 2.48. The molecule has 1 aliphatic rings. The zero-order valence-electron chi connectivity index (χ0n) is 21.0. The minimum Gasteiger partial charge on any atom is -0.489 e. The van der Waals surface area contributed by atoms with E-state index in [1.807, 2.05) is 0 Å². The Balaban J connectivity index is 1.64. The van der Waals surface area contributed by atoms with Gasteiger partial charge in [-0.1, -0.05) is 46.2 Å². The minimum atomic E-state index is -0.521. The Morgan fingerprint density at radius 2 is 2.06 bits per heavy atom. The summed E-state index contributed by atoms with van der Waals surface area (Å²) in [5.41, 5.74) is 0.908. The van der Waals surface area contributed by atoms with Crippen LogP contribution in [0.25, 0.3) is 0 Å². The second-order valence-corrected chi connectivity index (χ2v) is 10.4. The maximum absolute atomic E-state index is 12.8. The van der Waals surface area contributed by atoms with Gasteiger partial charge in [-0.25, -0.2) is 4.68 Å². The molecular formula is C25H36ClN5O4. The monoisotopic (exact) mass is 505 g/mol. The van der Waals surface area contributed by atoms with E-state index in [1.165, 1.54) is 12.4 Å². The molecule has 1 aliphatic carbocycles. The third-order valence-electron chi connectivity index (χ3n) is 7.79. The topological polar surface area (TPSA) is 118 Å². The van der Waals surface area contributed by atoms with E-state index in [0.29, 0.717) is 34.8 Å². The van der Waals surface area contributed by atoms with Crippen LogP contribution in [0.1, 0.15) is 46.6 Å². The van der Waals surface area contributed by atoms with Gasteiger partial charge in [-0.3, -0.25) is 14.6 Å². The third-order valence-corrected chi connectivity index (χ3v) is 8.15. The normalized spacial score (nSPS) is 23.5. The van der Waals surface area contributed by atoms with Crippen LogP contribution < -0.4 is 20.9 Å². The fourth-order valence-corrected chi connectivity index (χ4v) is 4.87. The molecule has 3 rings (SSSR count). The second kappa shape index (κ2) is 11.4. The van der Waals surface area contributed by atoms with Crippen LogP contribution in [-0.2, 0) is 17.9 Å². The molecule has 0 radical (unpaired) electrons. The quantitative estimate of drug-likeness (QED) is 0.479. The number of rotatable bonds is 9. The molecule has 0 spiro atoms. The van der Waals surface area contributed by atoms with Gasteiger partial charge in [-0.05, 0) is 35.7 Å². The van der Waals surface area contributed by atoms with Crippen LogP contribution in [0.2, 0.25) is 5.02 Å². The fraction of sp³-hybridized carbons (Fsp3) is 0.600. The number of carbonyl (C=O) groups excluding carboxylic acids is 1. The summed E-state index contributed by atoms with van der Waals surface area (Å²) >= 11 is 6.41. The lowest BCUT2D eigenvalue weighted by Crippen LogP contribution is -2.48. The Labute approximate surface area is 211 Å². The summed E-state index contributed by atoms with van der Waals surface area (Å²) in [7, 11) is 0. The van der Waals surface area contributed by atoms with Crippen LogP contribution >= 0.6 is 11.6 Å². The highest BCUT2D eigenvalue weighted by atomic mass is 35.5. The van der Waals surface area contributed by atoms with Crippen molar-refractivity contribution in [2.75, 3.05) is 18.5 Å². The van der Waals surface area contributed by atoms with Gasteiger partial charge >= 0.3 is 0 Å². The minimum absolute atomic E-state index is 0.0268. The number of anilines is 1. The highest BCUT2D eigenvalue weighted by molar-refractivity contribution is 6.32. The van der Waals surface area contributed by atoms with Crippen molar-refractivity contribution < 1.29 is 14.6 Å². The lowest BCUT2D eigenvalue weighted by molar-refractivity contribution is -0.122. The van der Waals surface area contributed by atoms with Gasteiger partial charge in [0.15, 0.2) is 0 Å². The summed E-state index contributed by atoms with van der Waals surface area (Å²) in [4.78, 5) is 29.3. The Morgan fingerprint density at radius 1 is 1.31 bits per heavy atom. The van der Waals surface area contributed by atoms with Gasteiger partial charge in [0.1, 0.15) is 23.9 Å². The summed E-state index contributed by atoms with van der Waals surface area (Å²) in [6.07, 6.45) is 5.59. The summed E-state index contributed by atoms with van der Waals surface area (Å²) in [6, 6.07) is 1.89. The van der Waals surface area contributed by atoms with E-state index in [4.69, 9.17) is 21.4 Å². The zero-order valence-corrected chi connectivity index (χ0v) is 21.8. The van der Waals surface area contributed by atoms with Crippen molar-refractivity contribution in [2.24, 2.45) is 23.2 Å². The molecular weight excluding hydrogens is 470 g/mol. The Morgan fingerprint density at radius 3 is 2.77 bits per heavy atom. The average molecular weight is 506 g/mol. The van der Waals surface area contributed by atoms with Crippen molar-refractivity contribution in [1.82, 2.24) is 20.1 Å². The van der Waals surface area contributed by atoms with Crippen LogP contribution in [0.4, 0.5) is 5.69 Å². The number of hydrogen-bond acceptors (Lipinski definition) is 7. The first-order chi connectivity index (χ1) is 16.6. The molecule has 35 heavy (non-hydrogen) atoms. The van der Waals surface area contributed by atoms with E-state index >= 15 is 0 Å². The summed E-state index contributed by atoms with van der Waals surface area (Å²) in [5.74, 6) is 1.48. The molecule has 1 amide bonds. The lowest BCUT2D eigenvalue weighted by atomic mass is 9.58. The molecule has 0 unspecified atom stereocenters. The summed E-state index contributed by atoms with van der Waals surface area (Å²) in [6.45, 7) is 11.3. The van der Waals surface area contributed by atoms with E-state index in [0.717, 1.165) is 11.1 Å². The molecule has 0 bridgehead atoms. The zero-order chi connectivity index (χ0) is 25.8. The number of amides is 1. The molecule has 192 valence electrons. The molecule has 4 atom stereocenters. The number of nitrogens with one attached hydrogen (secondary N) is 2. The smallest absolute Gasteiger partial charge is 0.288 e. The van der Waals surface area contributed by atoms with Gasteiger partial charge < -0.3 is 20.5 Å². The number of ether oxygens (including phenoxy) is 1. The molecule has 3 N–H and O–H groups in total. The van der Waals surface area contributed by atoms with Gasteiger partial charge in [0.2, 0.25) is 5.91 Å². The third kappa shape index (κ3) is 6.13. The first-order valence-corrected chi connectivity index (χ1v) is 12.4. The Kier molecular flexibility index (Phi) is 8.77. The van der Waals surface area contributed by atoms with E-state index in [-0.39, 0.29) is 42.8 Å². The molecule has 10 heteroatoms. The number of halogens is 1. The SMILES string of the molecule is C[C@@H]1[C@@H](C)C(C)(C)[C@@H](C)C[C@H]1Nc1cnn(CC(=O)NCc2ccncc2OCCO)c(=O)c1Cl. The number of pyridine rings is 1. The van der Waals surface area contributed by atoms with Crippen LogP contribution in [0.15, 0.2) is 29.5 Å². The number of hydrogen-bond donors (Lipinski definition) is 3. The van der Waals surface area contributed by atoms with Crippen molar-refractivity contribution in [2.45, 2.75) is 60.2 Å². The van der Waals surface area contributed by atoms with E-state index in [9.17, 15) is 9.59 Å². The first-order valence-electron chi connectivity index (χ1n) is 12.0. The van der Waals surface area contributed by atoms with Crippen molar-refractivity contribution in [3.05, 3.63) is 45.6 Å². The molecule has 2 aromatic heterocycles. The largest absolute Gasteiger partial charge is 0.489 e. The summed E-state index contributed by atoms with van der Waals surface area (Å²) in [5, 5.41) is 19.3. The number of nitrogens with zero attached hydrogens (tertiary/aromatic N) is 3. The number of aromatic nitrogens is 3. The number of aliphatic hydroxyl groups excluding tert-OH is 1.